The van der Waals surface area contributed by atoms with Crippen LogP contribution in [-0.4, -0.2) is 4.92 Å². The summed E-state index contributed by atoms with van der Waals surface area (Å²) in [4.78, 5) is 9.54. The first-order valence-electron chi connectivity index (χ1n) is 4.22. The maximum atomic E-state index is 10.3. The molecule has 0 bridgehead atoms. The van der Waals surface area contributed by atoms with Gasteiger partial charge >= 0.3 is 5.70 Å². The van der Waals surface area contributed by atoms with E-state index >= 15 is 0 Å². The minimum Gasteiger partial charge on any atom is -0.258 e. The molecule has 1 aromatic carbocycles. The molecule has 0 aliphatic carbocycles. The molecule has 0 radical (unpaired) electrons. The van der Waals surface area contributed by atoms with Gasteiger partial charge in [-0.3, -0.25) is 10.1 Å². The Morgan fingerprint density at radius 3 is 2.60 bits per heavy atom. The van der Waals surface area contributed by atoms with Gasteiger partial charge in [0.05, 0.1) is 4.92 Å². The summed E-state index contributed by atoms with van der Waals surface area (Å²) >= 11 is 0. The lowest BCUT2D eigenvalue weighted by molar-refractivity contribution is -0.417. The zero-order valence-corrected chi connectivity index (χ0v) is 7.83. The summed E-state index contributed by atoms with van der Waals surface area (Å²) in [5.41, 5.74) is 0.455. The zero-order chi connectivity index (χ0) is 11.1. The molecule has 0 saturated carbocycles. The molecule has 74 valence electrons. The molecule has 0 amide bonds. The zero-order valence-electron chi connectivity index (χ0n) is 7.83. The minimum absolute atomic E-state index is 0.470. The van der Waals surface area contributed by atoms with Crippen LogP contribution < -0.4 is 0 Å². The van der Waals surface area contributed by atoms with Gasteiger partial charge in [0.1, 0.15) is 0 Å². The monoisotopic (exact) mass is 200 g/mol. The Kier molecular flexibility index (Phi) is 3.80. The smallest absolute Gasteiger partial charge is 0.258 e. The number of nitriles is 1. The highest BCUT2D eigenvalue weighted by Gasteiger charge is 2.04. The first-order chi connectivity index (χ1) is 7.24. The Bertz CT molecular complexity index is 441. The van der Waals surface area contributed by atoms with Crippen molar-refractivity contribution < 1.29 is 4.92 Å². The first-order valence-corrected chi connectivity index (χ1v) is 4.22. The van der Waals surface area contributed by atoms with Crippen molar-refractivity contribution in [3.8, 4) is 6.07 Å². The van der Waals surface area contributed by atoms with Crippen LogP contribution in [0, 0.1) is 21.4 Å². The molecule has 1 aromatic rings. The second kappa shape index (κ2) is 5.35. The first kappa shape index (κ1) is 10.7. The van der Waals surface area contributed by atoms with Gasteiger partial charge in [0.2, 0.25) is 0 Å². The molecule has 1 rings (SSSR count). The van der Waals surface area contributed by atoms with Crippen LogP contribution in [0.3, 0.4) is 0 Å². The largest absolute Gasteiger partial charge is 0.345 e. The Labute approximate surface area is 86.9 Å². The number of nitro groups is 1. The normalized spacial score (nSPS) is 11.3. The van der Waals surface area contributed by atoms with Crippen molar-refractivity contribution in [1.29, 1.82) is 5.26 Å². The predicted octanol–water partition coefficient (Wildman–Crippen LogP) is 2.38. The van der Waals surface area contributed by atoms with E-state index in [4.69, 9.17) is 5.26 Å². The molecular formula is C11H8N2O2. The van der Waals surface area contributed by atoms with Gasteiger partial charge in [0.15, 0.2) is 6.07 Å². The van der Waals surface area contributed by atoms with Crippen molar-refractivity contribution in [2.24, 2.45) is 0 Å². The van der Waals surface area contributed by atoms with Crippen LogP contribution in [0.15, 0.2) is 48.2 Å². The summed E-state index contributed by atoms with van der Waals surface area (Å²) in [6, 6.07) is 10.8. The second-order valence-corrected chi connectivity index (χ2v) is 2.69. The Balaban J connectivity index is 2.76. The number of allylic oxidation sites excluding steroid dienone is 3. The third-order valence-electron chi connectivity index (χ3n) is 1.65. The molecule has 0 unspecified atom stereocenters. The van der Waals surface area contributed by atoms with Crippen molar-refractivity contribution in [1.82, 2.24) is 0 Å². The van der Waals surface area contributed by atoms with E-state index in [9.17, 15) is 10.1 Å². The maximum Gasteiger partial charge on any atom is 0.345 e. The summed E-state index contributed by atoms with van der Waals surface area (Å²) in [7, 11) is 0. The lowest BCUT2D eigenvalue weighted by atomic mass is 10.2. The average molecular weight is 200 g/mol. The van der Waals surface area contributed by atoms with E-state index in [1.165, 1.54) is 18.2 Å². The third kappa shape index (κ3) is 3.44. The molecule has 0 N–H and O–H groups in total. The maximum absolute atomic E-state index is 10.3. The number of hydrogen-bond donors (Lipinski definition) is 0. The van der Waals surface area contributed by atoms with Gasteiger partial charge in [-0.15, -0.1) is 0 Å². The Hall–Kier alpha value is -2.41. The number of rotatable bonds is 3. The van der Waals surface area contributed by atoms with E-state index in [2.05, 4.69) is 0 Å². The number of nitrogens with zero attached hydrogens (tertiary/aromatic N) is 2. The van der Waals surface area contributed by atoms with Crippen LogP contribution >= 0.6 is 0 Å². The molecule has 0 heterocycles. The van der Waals surface area contributed by atoms with Crippen LogP contribution in [-0.2, 0) is 0 Å². The van der Waals surface area contributed by atoms with Crippen molar-refractivity contribution in [2.45, 2.75) is 0 Å². The fourth-order valence-electron chi connectivity index (χ4n) is 0.953. The molecular weight excluding hydrogens is 192 g/mol. The van der Waals surface area contributed by atoms with Gasteiger partial charge < -0.3 is 0 Å². The summed E-state index contributed by atoms with van der Waals surface area (Å²) < 4.78 is 0. The highest BCUT2D eigenvalue weighted by molar-refractivity contribution is 5.51. The standard InChI is InChI=1S/C11H8N2O2/c12-9-11(13(14)15)8-4-7-10-5-2-1-3-6-10/h1-8H/b7-4+,11-8-. The number of benzene rings is 1. The lowest BCUT2D eigenvalue weighted by Gasteiger charge is -1.88. The van der Waals surface area contributed by atoms with E-state index in [0.29, 0.717) is 0 Å². The van der Waals surface area contributed by atoms with Gasteiger partial charge in [-0.1, -0.05) is 42.5 Å². The van der Waals surface area contributed by atoms with E-state index in [1.54, 1.807) is 6.08 Å². The van der Waals surface area contributed by atoms with Gasteiger partial charge in [-0.05, 0) is 5.56 Å². The van der Waals surface area contributed by atoms with Crippen LogP contribution in [0.25, 0.3) is 6.08 Å². The molecule has 4 heteroatoms. The van der Waals surface area contributed by atoms with Crippen LogP contribution in [0.2, 0.25) is 0 Å². The Morgan fingerprint density at radius 2 is 2.07 bits per heavy atom. The summed E-state index contributed by atoms with van der Waals surface area (Å²) in [6.45, 7) is 0. The van der Waals surface area contributed by atoms with Crippen LogP contribution in [0.5, 0.6) is 0 Å². The SMILES string of the molecule is N#C/C(=C/C=C/c1ccccc1)[N+](=O)[O-]. The van der Waals surface area contributed by atoms with Crippen molar-refractivity contribution >= 4 is 6.08 Å². The fraction of sp³-hybridized carbons (Fsp3) is 0. The summed E-state index contributed by atoms with van der Waals surface area (Å²) in [6.07, 6.45) is 4.35. The minimum atomic E-state index is -0.713. The van der Waals surface area contributed by atoms with Crippen molar-refractivity contribution in [3.63, 3.8) is 0 Å². The molecule has 0 aliphatic rings. The van der Waals surface area contributed by atoms with Gasteiger partial charge in [-0.2, -0.15) is 5.26 Å². The third-order valence-corrected chi connectivity index (χ3v) is 1.65. The number of hydrogen-bond acceptors (Lipinski definition) is 3. The average Bonchev–Trinajstić information content (AvgIpc) is 2.25. The lowest BCUT2D eigenvalue weighted by Crippen LogP contribution is -1.94. The van der Waals surface area contributed by atoms with Crippen molar-refractivity contribution in [3.05, 3.63) is 63.9 Å². The molecule has 0 aliphatic heterocycles. The van der Waals surface area contributed by atoms with E-state index < -0.39 is 10.6 Å². The van der Waals surface area contributed by atoms with E-state index in [-0.39, 0.29) is 0 Å². The fourth-order valence-corrected chi connectivity index (χ4v) is 0.953. The summed E-state index contributed by atoms with van der Waals surface area (Å²) in [5.74, 6) is 0. The molecule has 15 heavy (non-hydrogen) atoms. The topological polar surface area (TPSA) is 66.9 Å². The van der Waals surface area contributed by atoms with E-state index in [1.807, 2.05) is 30.3 Å². The van der Waals surface area contributed by atoms with Crippen LogP contribution in [0.1, 0.15) is 5.56 Å². The van der Waals surface area contributed by atoms with Crippen LogP contribution in [0.4, 0.5) is 0 Å². The quantitative estimate of drug-likeness (QED) is 0.325. The predicted molar refractivity (Wildman–Crippen MR) is 56.2 cm³/mol. The highest BCUT2D eigenvalue weighted by Crippen LogP contribution is 2.02. The second-order valence-electron chi connectivity index (χ2n) is 2.69. The molecule has 4 nitrogen and oxygen atoms in total. The van der Waals surface area contributed by atoms with E-state index in [0.717, 1.165) is 5.56 Å². The molecule has 0 saturated heterocycles. The molecule has 0 fully saturated rings. The highest BCUT2D eigenvalue weighted by atomic mass is 16.6. The molecule has 0 atom stereocenters. The molecule has 0 spiro atoms. The summed E-state index contributed by atoms with van der Waals surface area (Å²) in [5, 5.41) is 18.7. The van der Waals surface area contributed by atoms with Gasteiger partial charge in [0.25, 0.3) is 0 Å². The van der Waals surface area contributed by atoms with Gasteiger partial charge in [-0.25, -0.2) is 0 Å². The van der Waals surface area contributed by atoms with Crippen molar-refractivity contribution in [2.75, 3.05) is 0 Å². The molecule has 0 aromatic heterocycles. The van der Waals surface area contributed by atoms with Gasteiger partial charge in [0, 0.05) is 6.08 Å². The Morgan fingerprint density at radius 1 is 1.40 bits per heavy atom.